The number of rotatable bonds is 3. The molecular weight excluding hydrogens is 300 g/mol. The van der Waals surface area contributed by atoms with Gasteiger partial charge in [-0.2, -0.15) is 0 Å². The molecule has 0 aliphatic carbocycles. The number of oxazole rings is 1. The molecule has 0 bridgehead atoms. The molecule has 0 unspecified atom stereocenters. The predicted molar refractivity (Wildman–Crippen MR) is 95.0 cm³/mol. The van der Waals surface area contributed by atoms with E-state index in [1.807, 2.05) is 54.6 Å². The molecule has 0 fully saturated rings. The quantitative estimate of drug-likeness (QED) is 0.602. The van der Waals surface area contributed by atoms with Gasteiger partial charge in [0, 0.05) is 18.3 Å². The van der Waals surface area contributed by atoms with E-state index in [2.05, 4.69) is 9.97 Å². The van der Waals surface area contributed by atoms with E-state index in [0.29, 0.717) is 23.8 Å². The zero-order chi connectivity index (χ0) is 16.5. The lowest BCUT2D eigenvalue weighted by Crippen LogP contribution is -1.97. The fourth-order valence-corrected chi connectivity index (χ4v) is 2.67. The lowest BCUT2D eigenvalue weighted by Gasteiger charge is -2.07. The number of nitrogens with two attached hydrogens (primary N) is 2. The van der Waals surface area contributed by atoms with Gasteiger partial charge in [0.2, 0.25) is 5.89 Å². The van der Waals surface area contributed by atoms with Gasteiger partial charge >= 0.3 is 0 Å². The Labute approximate surface area is 139 Å². The molecule has 2 aromatic heterocycles. The number of hydrogen-bond donors (Lipinski definition) is 2. The highest BCUT2D eigenvalue weighted by Crippen LogP contribution is 2.31. The second kappa shape index (κ2) is 5.79. The Hall–Kier alpha value is -3.18. The van der Waals surface area contributed by atoms with Gasteiger partial charge in [-0.3, -0.25) is 0 Å². The van der Waals surface area contributed by atoms with Crippen LogP contribution in [0.2, 0.25) is 0 Å². The standard InChI is InChI=1S/C19H16N4O/c20-10-12-4-3-5-13(8-12)14-9-15(18(21)22-11-14)19-23-16-6-1-2-7-17(16)24-19/h1-9,11H,10,20H2,(H2,21,22). The number of nitrogen functional groups attached to an aromatic ring is 1. The molecule has 0 saturated carbocycles. The summed E-state index contributed by atoms with van der Waals surface area (Å²) >= 11 is 0. The highest BCUT2D eigenvalue weighted by atomic mass is 16.3. The molecule has 2 aromatic carbocycles. The Morgan fingerprint density at radius 3 is 2.67 bits per heavy atom. The van der Waals surface area contributed by atoms with Gasteiger partial charge in [-0.15, -0.1) is 0 Å². The molecule has 0 spiro atoms. The minimum atomic E-state index is 0.389. The van der Waals surface area contributed by atoms with E-state index in [1.165, 1.54) is 0 Å². The average molecular weight is 316 g/mol. The predicted octanol–water partition coefficient (Wildman–Crippen LogP) is 3.60. The number of para-hydroxylation sites is 2. The molecular formula is C19H16N4O. The Bertz CT molecular complexity index is 990. The molecule has 24 heavy (non-hydrogen) atoms. The molecule has 4 aromatic rings. The van der Waals surface area contributed by atoms with Crippen LogP contribution in [0.1, 0.15) is 5.56 Å². The van der Waals surface area contributed by atoms with Crippen molar-refractivity contribution in [1.82, 2.24) is 9.97 Å². The van der Waals surface area contributed by atoms with Crippen LogP contribution in [0.25, 0.3) is 33.7 Å². The summed E-state index contributed by atoms with van der Waals surface area (Å²) in [6, 6.07) is 17.6. The van der Waals surface area contributed by atoms with Gasteiger partial charge < -0.3 is 15.9 Å². The van der Waals surface area contributed by atoms with E-state index in [9.17, 15) is 0 Å². The van der Waals surface area contributed by atoms with Crippen LogP contribution in [-0.2, 0) is 6.54 Å². The van der Waals surface area contributed by atoms with Crippen LogP contribution in [0.15, 0.2) is 65.2 Å². The van der Waals surface area contributed by atoms with Crippen molar-refractivity contribution < 1.29 is 4.42 Å². The monoisotopic (exact) mass is 316 g/mol. The molecule has 0 aliphatic heterocycles. The third-order valence-corrected chi connectivity index (χ3v) is 3.94. The summed E-state index contributed by atoms with van der Waals surface area (Å²) in [5, 5.41) is 0. The zero-order valence-electron chi connectivity index (χ0n) is 12.9. The minimum Gasteiger partial charge on any atom is -0.436 e. The van der Waals surface area contributed by atoms with Gasteiger partial charge in [0.25, 0.3) is 0 Å². The highest BCUT2D eigenvalue weighted by Gasteiger charge is 2.13. The second-order valence-corrected chi connectivity index (χ2v) is 5.55. The first kappa shape index (κ1) is 14.4. The van der Waals surface area contributed by atoms with Crippen molar-refractivity contribution >= 4 is 16.9 Å². The Balaban J connectivity index is 1.83. The maximum Gasteiger partial charge on any atom is 0.231 e. The maximum atomic E-state index is 6.05. The highest BCUT2D eigenvalue weighted by molar-refractivity contribution is 5.80. The van der Waals surface area contributed by atoms with E-state index in [4.69, 9.17) is 15.9 Å². The summed E-state index contributed by atoms with van der Waals surface area (Å²) in [7, 11) is 0. The number of benzene rings is 2. The SMILES string of the molecule is NCc1cccc(-c2cnc(N)c(-c3nc4ccccc4o3)c2)c1. The van der Waals surface area contributed by atoms with E-state index in [1.54, 1.807) is 6.20 Å². The smallest absolute Gasteiger partial charge is 0.231 e. The second-order valence-electron chi connectivity index (χ2n) is 5.55. The van der Waals surface area contributed by atoms with E-state index in [-0.39, 0.29) is 0 Å². The van der Waals surface area contributed by atoms with E-state index >= 15 is 0 Å². The van der Waals surface area contributed by atoms with Crippen LogP contribution >= 0.6 is 0 Å². The zero-order valence-corrected chi connectivity index (χ0v) is 12.9. The van der Waals surface area contributed by atoms with Crippen molar-refractivity contribution in [2.75, 3.05) is 5.73 Å². The lowest BCUT2D eigenvalue weighted by molar-refractivity contribution is 0.620. The molecule has 4 rings (SSSR count). The topological polar surface area (TPSA) is 91.0 Å². The number of fused-ring (bicyclic) bond motifs is 1. The van der Waals surface area contributed by atoms with Crippen LogP contribution < -0.4 is 11.5 Å². The van der Waals surface area contributed by atoms with E-state index < -0.39 is 0 Å². The fourth-order valence-electron chi connectivity index (χ4n) is 2.67. The van der Waals surface area contributed by atoms with E-state index in [0.717, 1.165) is 27.8 Å². The number of hydrogen-bond acceptors (Lipinski definition) is 5. The molecule has 5 heteroatoms. The molecule has 0 atom stereocenters. The first-order chi connectivity index (χ1) is 11.7. The summed E-state index contributed by atoms with van der Waals surface area (Å²) in [5.74, 6) is 0.860. The van der Waals surface area contributed by atoms with Crippen LogP contribution in [0.5, 0.6) is 0 Å². The summed E-state index contributed by atoms with van der Waals surface area (Å²) in [6.45, 7) is 0.494. The third kappa shape index (κ3) is 2.51. The fraction of sp³-hybridized carbons (Fsp3) is 0.0526. The molecule has 0 aliphatic rings. The summed E-state index contributed by atoms with van der Waals surface area (Å²) in [5.41, 5.74) is 17.0. The Kier molecular flexibility index (Phi) is 3.48. The van der Waals surface area contributed by atoms with Crippen LogP contribution in [-0.4, -0.2) is 9.97 Å². The van der Waals surface area contributed by atoms with Crippen molar-refractivity contribution in [2.45, 2.75) is 6.54 Å². The largest absolute Gasteiger partial charge is 0.436 e. The van der Waals surface area contributed by atoms with Gasteiger partial charge in [-0.05, 0) is 35.4 Å². The summed E-state index contributed by atoms with van der Waals surface area (Å²) < 4.78 is 5.82. The average Bonchev–Trinajstić information content (AvgIpc) is 3.06. The van der Waals surface area contributed by atoms with Gasteiger partial charge in [0.1, 0.15) is 11.3 Å². The van der Waals surface area contributed by atoms with Crippen LogP contribution in [0, 0.1) is 0 Å². The van der Waals surface area contributed by atoms with Crippen molar-refractivity contribution in [1.29, 1.82) is 0 Å². The molecule has 4 N–H and O–H groups in total. The Morgan fingerprint density at radius 1 is 0.958 bits per heavy atom. The molecule has 0 radical (unpaired) electrons. The van der Waals surface area contributed by atoms with Crippen molar-refractivity contribution in [3.63, 3.8) is 0 Å². The Morgan fingerprint density at radius 2 is 1.83 bits per heavy atom. The number of nitrogens with zero attached hydrogens (tertiary/aromatic N) is 2. The maximum absolute atomic E-state index is 6.05. The first-order valence-corrected chi connectivity index (χ1v) is 7.65. The molecule has 118 valence electrons. The van der Waals surface area contributed by atoms with Gasteiger partial charge in [-0.1, -0.05) is 30.3 Å². The number of pyridine rings is 1. The summed E-state index contributed by atoms with van der Waals surface area (Å²) in [6.07, 6.45) is 1.75. The van der Waals surface area contributed by atoms with Gasteiger partial charge in [0.15, 0.2) is 5.58 Å². The van der Waals surface area contributed by atoms with Gasteiger partial charge in [0.05, 0.1) is 5.56 Å². The molecule has 0 amide bonds. The minimum absolute atomic E-state index is 0.389. The van der Waals surface area contributed by atoms with Gasteiger partial charge in [-0.25, -0.2) is 9.97 Å². The molecule has 2 heterocycles. The first-order valence-electron chi connectivity index (χ1n) is 7.65. The van der Waals surface area contributed by atoms with Crippen LogP contribution in [0.3, 0.4) is 0 Å². The number of anilines is 1. The lowest BCUT2D eigenvalue weighted by atomic mass is 10.0. The van der Waals surface area contributed by atoms with Crippen molar-refractivity contribution in [3.8, 4) is 22.6 Å². The number of aromatic nitrogens is 2. The molecule has 5 nitrogen and oxygen atoms in total. The van der Waals surface area contributed by atoms with Crippen LogP contribution in [0.4, 0.5) is 5.82 Å². The van der Waals surface area contributed by atoms with Crippen molar-refractivity contribution in [2.24, 2.45) is 5.73 Å². The normalized spacial score (nSPS) is 11.0. The molecule has 0 saturated heterocycles. The summed E-state index contributed by atoms with van der Waals surface area (Å²) in [4.78, 5) is 8.81. The van der Waals surface area contributed by atoms with Crippen molar-refractivity contribution in [3.05, 3.63) is 66.4 Å². The third-order valence-electron chi connectivity index (χ3n) is 3.94.